The van der Waals surface area contributed by atoms with Gasteiger partial charge in [-0.2, -0.15) is 4.39 Å². The summed E-state index contributed by atoms with van der Waals surface area (Å²) in [5, 5.41) is 2.71. The predicted octanol–water partition coefficient (Wildman–Crippen LogP) is 2.80. The van der Waals surface area contributed by atoms with E-state index in [0.29, 0.717) is 17.2 Å². The molecule has 2 aromatic rings. The van der Waals surface area contributed by atoms with Crippen LogP contribution in [0.2, 0.25) is 0 Å². The molecule has 1 aromatic carbocycles. The molecule has 0 radical (unpaired) electrons. The van der Waals surface area contributed by atoms with Gasteiger partial charge in [-0.15, -0.1) is 0 Å². The van der Waals surface area contributed by atoms with Crippen LogP contribution in [0.1, 0.15) is 15.9 Å². The molecule has 1 heterocycles. The Labute approximate surface area is 121 Å². The van der Waals surface area contributed by atoms with Crippen LogP contribution in [0, 0.1) is 12.9 Å². The van der Waals surface area contributed by atoms with Crippen molar-refractivity contribution in [2.75, 3.05) is 19.5 Å². The van der Waals surface area contributed by atoms with Crippen LogP contribution in [0.5, 0.6) is 11.5 Å². The lowest BCUT2D eigenvalue weighted by Gasteiger charge is -2.13. The second-order valence-corrected chi connectivity index (χ2v) is 4.34. The maximum Gasteiger partial charge on any atom is 0.255 e. The van der Waals surface area contributed by atoms with Crippen LogP contribution in [0.15, 0.2) is 30.5 Å². The highest BCUT2D eigenvalue weighted by molar-refractivity contribution is 6.04. The average Bonchev–Trinajstić information content (AvgIpc) is 2.48. The molecule has 1 aromatic heterocycles. The van der Waals surface area contributed by atoms with E-state index in [1.54, 1.807) is 12.1 Å². The molecular formula is C15H15FN2O3. The lowest BCUT2D eigenvalue weighted by Crippen LogP contribution is -2.13. The van der Waals surface area contributed by atoms with Gasteiger partial charge in [-0.05, 0) is 24.6 Å². The van der Waals surface area contributed by atoms with Crippen LogP contribution < -0.4 is 14.8 Å². The van der Waals surface area contributed by atoms with Gasteiger partial charge in [-0.25, -0.2) is 4.98 Å². The fourth-order valence-corrected chi connectivity index (χ4v) is 1.85. The van der Waals surface area contributed by atoms with E-state index in [9.17, 15) is 9.18 Å². The minimum Gasteiger partial charge on any atom is -0.493 e. The number of rotatable bonds is 4. The van der Waals surface area contributed by atoms with E-state index in [1.165, 1.54) is 26.5 Å². The van der Waals surface area contributed by atoms with Gasteiger partial charge in [0, 0.05) is 29.6 Å². The molecule has 21 heavy (non-hydrogen) atoms. The molecule has 0 saturated carbocycles. The fourth-order valence-electron chi connectivity index (χ4n) is 1.85. The quantitative estimate of drug-likeness (QED) is 0.880. The lowest BCUT2D eigenvalue weighted by molar-refractivity contribution is 0.102. The van der Waals surface area contributed by atoms with Crippen molar-refractivity contribution < 1.29 is 18.7 Å². The zero-order valence-corrected chi connectivity index (χ0v) is 11.9. The van der Waals surface area contributed by atoms with E-state index >= 15 is 0 Å². The number of aryl methyl sites for hydroxylation is 1. The van der Waals surface area contributed by atoms with E-state index in [0.717, 1.165) is 11.6 Å². The zero-order valence-electron chi connectivity index (χ0n) is 11.9. The van der Waals surface area contributed by atoms with Crippen molar-refractivity contribution in [3.8, 4) is 11.5 Å². The van der Waals surface area contributed by atoms with Gasteiger partial charge < -0.3 is 14.8 Å². The summed E-state index contributed by atoms with van der Waals surface area (Å²) in [6.07, 6.45) is 1.24. The molecule has 0 aliphatic carbocycles. The molecule has 6 heteroatoms. The van der Waals surface area contributed by atoms with Crippen LogP contribution in [-0.4, -0.2) is 25.1 Å². The van der Waals surface area contributed by atoms with Gasteiger partial charge >= 0.3 is 0 Å². The Balaban J connectivity index is 2.29. The Morgan fingerprint density at radius 2 is 1.86 bits per heavy atom. The van der Waals surface area contributed by atoms with Crippen molar-refractivity contribution in [3.63, 3.8) is 0 Å². The summed E-state index contributed by atoms with van der Waals surface area (Å²) in [7, 11) is 3.05. The number of halogens is 1. The van der Waals surface area contributed by atoms with Crippen molar-refractivity contribution in [3.05, 3.63) is 47.5 Å². The van der Waals surface area contributed by atoms with Crippen LogP contribution in [-0.2, 0) is 0 Å². The number of nitrogens with zero attached hydrogens (tertiary/aromatic N) is 1. The summed E-state index contributed by atoms with van der Waals surface area (Å²) >= 11 is 0. The molecule has 0 aliphatic heterocycles. The number of benzene rings is 1. The van der Waals surface area contributed by atoms with Crippen molar-refractivity contribution >= 4 is 11.6 Å². The van der Waals surface area contributed by atoms with Crippen LogP contribution >= 0.6 is 0 Å². The third-order valence-electron chi connectivity index (χ3n) is 2.97. The maximum atomic E-state index is 13.0. The minimum absolute atomic E-state index is 0.191. The van der Waals surface area contributed by atoms with E-state index in [2.05, 4.69) is 10.3 Å². The number of nitrogens with one attached hydrogen (secondary N) is 1. The summed E-state index contributed by atoms with van der Waals surface area (Å²) in [5.74, 6) is -0.0550. The number of carbonyl (C=O) groups is 1. The first-order valence-electron chi connectivity index (χ1n) is 6.20. The number of pyridine rings is 1. The number of ether oxygens (including phenoxy) is 2. The Morgan fingerprint density at radius 1 is 1.19 bits per heavy atom. The van der Waals surface area contributed by atoms with E-state index in [1.807, 2.05) is 6.92 Å². The number of methoxy groups -OCH3 is 2. The first-order chi connectivity index (χ1) is 10.0. The molecule has 0 fully saturated rings. The normalized spacial score (nSPS) is 10.1. The SMILES string of the molecule is COc1cc(C)c(NC(=O)c2ccnc(F)c2)cc1OC. The number of carbonyl (C=O) groups excluding carboxylic acids is 1. The molecule has 0 atom stereocenters. The summed E-state index contributed by atoms with van der Waals surface area (Å²) in [6.45, 7) is 1.82. The Hall–Kier alpha value is -2.63. The molecule has 2 rings (SSSR count). The average molecular weight is 290 g/mol. The van der Waals surface area contributed by atoms with Gasteiger partial charge in [0.2, 0.25) is 5.95 Å². The number of aromatic nitrogens is 1. The highest BCUT2D eigenvalue weighted by Gasteiger charge is 2.12. The van der Waals surface area contributed by atoms with Gasteiger partial charge in [0.25, 0.3) is 5.91 Å². The number of amides is 1. The van der Waals surface area contributed by atoms with Gasteiger partial charge in [0.1, 0.15) is 0 Å². The Bertz CT molecular complexity index is 674. The monoisotopic (exact) mass is 290 g/mol. The van der Waals surface area contributed by atoms with Crippen LogP contribution in [0.25, 0.3) is 0 Å². The molecule has 0 spiro atoms. The molecule has 0 bridgehead atoms. The van der Waals surface area contributed by atoms with Crippen molar-refractivity contribution in [1.29, 1.82) is 0 Å². The first kappa shape index (κ1) is 14.8. The number of anilines is 1. The molecule has 0 saturated heterocycles. The molecule has 0 aliphatic rings. The second-order valence-electron chi connectivity index (χ2n) is 4.34. The number of hydrogen-bond acceptors (Lipinski definition) is 4. The van der Waals surface area contributed by atoms with E-state index in [4.69, 9.17) is 9.47 Å². The fraction of sp³-hybridized carbons (Fsp3) is 0.200. The lowest BCUT2D eigenvalue weighted by atomic mass is 10.1. The molecular weight excluding hydrogens is 275 g/mol. The highest BCUT2D eigenvalue weighted by atomic mass is 19.1. The number of hydrogen-bond donors (Lipinski definition) is 1. The molecule has 5 nitrogen and oxygen atoms in total. The summed E-state index contributed by atoms with van der Waals surface area (Å²) < 4.78 is 23.4. The summed E-state index contributed by atoms with van der Waals surface area (Å²) in [6, 6.07) is 5.92. The molecule has 0 unspecified atom stereocenters. The topological polar surface area (TPSA) is 60.5 Å². The van der Waals surface area contributed by atoms with Gasteiger partial charge in [0.15, 0.2) is 11.5 Å². The van der Waals surface area contributed by atoms with Gasteiger partial charge in [0.05, 0.1) is 14.2 Å². The summed E-state index contributed by atoms with van der Waals surface area (Å²) in [5.41, 5.74) is 1.56. The second kappa shape index (κ2) is 6.21. The molecule has 1 N–H and O–H groups in total. The van der Waals surface area contributed by atoms with E-state index in [-0.39, 0.29) is 5.56 Å². The predicted molar refractivity (Wildman–Crippen MR) is 76.4 cm³/mol. The van der Waals surface area contributed by atoms with Crippen molar-refractivity contribution in [2.24, 2.45) is 0 Å². The maximum absolute atomic E-state index is 13.0. The van der Waals surface area contributed by atoms with Crippen molar-refractivity contribution in [2.45, 2.75) is 6.92 Å². The van der Waals surface area contributed by atoms with Gasteiger partial charge in [-0.3, -0.25) is 4.79 Å². The smallest absolute Gasteiger partial charge is 0.255 e. The highest BCUT2D eigenvalue weighted by Crippen LogP contribution is 2.33. The molecule has 110 valence electrons. The Kier molecular flexibility index (Phi) is 4.37. The summed E-state index contributed by atoms with van der Waals surface area (Å²) in [4.78, 5) is 15.5. The molecule has 1 amide bonds. The third-order valence-corrected chi connectivity index (χ3v) is 2.97. The van der Waals surface area contributed by atoms with E-state index < -0.39 is 11.9 Å². The largest absolute Gasteiger partial charge is 0.493 e. The van der Waals surface area contributed by atoms with Gasteiger partial charge in [-0.1, -0.05) is 0 Å². The minimum atomic E-state index is -0.702. The first-order valence-corrected chi connectivity index (χ1v) is 6.20. The third kappa shape index (κ3) is 3.28. The van der Waals surface area contributed by atoms with Crippen LogP contribution in [0.4, 0.5) is 10.1 Å². The van der Waals surface area contributed by atoms with Crippen LogP contribution in [0.3, 0.4) is 0 Å². The zero-order chi connectivity index (χ0) is 15.4. The Morgan fingerprint density at radius 3 is 2.48 bits per heavy atom. The van der Waals surface area contributed by atoms with Crippen molar-refractivity contribution in [1.82, 2.24) is 4.98 Å². The standard InChI is InChI=1S/C15H15FN2O3/c1-9-6-12(20-2)13(21-3)8-11(9)18-15(19)10-4-5-17-14(16)7-10/h4-8H,1-3H3,(H,18,19).